The number of esters is 1. The molecule has 24 heavy (non-hydrogen) atoms. The van der Waals surface area contributed by atoms with Crippen molar-refractivity contribution >= 4 is 27.7 Å². The highest BCUT2D eigenvalue weighted by Gasteiger charge is 2.09. The maximum absolute atomic E-state index is 12.3. The molecule has 0 unspecified atom stereocenters. The van der Waals surface area contributed by atoms with Crippen LogP contribution in [0.5, 0.6) is 5.75 Å². The third-order valence-corrected chi connectivity index (χ3v) is 3.69. The van der Waals surface area contributed by atoms with Crippen LogP contribution in [0.3, 0.4) is 0 Å². The molecule has 5 heteroatoms. The van der Waals surface area contributed by atoms with Gasteiger partial charge >= 0.3 is 5.97 Å². The van der Waals surface area contributed by atoms with E-state index in [9.17, 15) is 9.59 Å². The van der Waals surface area contributed by atoms with E-state index in [1.165, 1.54) is 0 Å². The number of benzene rings is 2. The van der Waals surface area contributed by atoms with Crippen LogP contribution in [0.4, 0.5) is 0 Å². The molecule has 0 heterocycles. The molecule has 4 nitrogen and oxygen atoms in total. The van der Waals surface area contributed by atoms with E-state index in [1.54, 1.807) is 43.3 Å². The molecule has 0 N–H and O–H groups in total. The van der Waals surface area contributed by atoms with Gasteiger partial charge in [-0.3, -0.25) is 4.79 Å². The molecule has 0 saturated heterocycles. The predicted octanol–water partition coefficient (Wildman–Crippen LogP) is 4.18. The minimum atomic E-state index is -0.436. The number of carbonyl (C=O) groups excluding carboxylic acids is 2. The summed E-state index contributed by atoms with van der Waals surface area (Å²) >= 11 is 3.34. The second-order valence-electron chi connectivity index (χ2n) is 5.13. The fourth-order valence-corrected chi connectivity index (χ4v) is 2.15. The summed E-state index contributed by atoms with van der Waals surface area (Å²) in [5, 5.41) is 0. The molecule has 0 aliphatic heterocycles. The molecule has 0 amide bonds. The van der Waals surface area contributed by atoms with Crippen LogP contribution < -0.4 is 4.74 Å². The van der Waals surface area contributed by atoms with Crippen molar-refractivity contribution in [2.45, 2.75) is 6.92 Å². The van der Waals surface area contributed by atoms with Crippen molar-refractivity contribution in [3.63, 3.8) is 0 Å². The normalized spacial score (nSPS) is 10.1. The van der Waals surface area contributed by atoms with Crippen molar-refractivity contribution in [3.05, 3.63) is 76.3 Å². The zero-order valence-corrected chi connectivity index (χ0v) is 14.8. The minimum absolute atomic E-state index is 0.0514. The number of ketones is 1. The molecular weight excluding hydrogens is 372 g/mol. The molecule has 0 spiro atoms. The van der Waals surface area contributed by atoms with E-state index in [0.29, 0.717) is 22.4 Å². The molecule has 0 aliphatic rings. The van der Waals surface area contributed by atoms with Gasteiger partial charge in [0.15, 0.2) is 5.78 Å². The topological polar surface area (TPSA) is 52.6 Å². The Morgan fingerprint density at radius 1 is 0.958 bits per heavy atom. The smallest absolute Gasteiger partial charge is 0.333 e. The maximum Gasteiger partial charge on any atom is 0.333 e. The monoisotopic (exact) mass is 388 g/mol. The number of hydrogen-bond donors (Lipinski definition) is 0. The van der Waals surface area contributed by atoms with Crippen LogP contribution >= 0.6 is 15.9 Å². The van der Waals surface area contributed by atoms with Gasteiger partial charge in [-0.1, -0.05) is 22.5 Å². The van der Waals surface area contributed by atoms with Crippen LogP contribution in [0.25, 0.3) is 0 Å². The van der Waals surface area contributed by atoms with Gasteiger partial charge in [0.05, 0.1) is 0 Å². The third kappa shape index (κ3) is 5.06. The molecule has 0 saturated carbocycles. The van der Waals surface area contributed by atoms with E-state index in [2.05, 4.69) is 22.5 Å². The Morgan fingerprint density at radius 2 is 1.50 bits per heavy atom. The molecule has 0 radical (unpaired) electrons. The lowest BCUT2D eigenvalue weighted by Gasteiger charge is -2.08. The minimum Gasteiger partial charge on any atom is -0.490 e. The quantitative estimate of drug-likeness (QED) is 0.309. The van der Waals surface area contributed by atoms with Crippen molar-refractivity contribution in [1.82, 2.24) is 0 Å². The number of hydrogen-bond acceptors (Lipinski definition) is 4. The first-order valence-corrected chi connectivity index (χ1v) is 8.12. The molecule has 2 aromatic rings. The first-order valence-electron chi connectivity index (χ1n) is 7.33. The Bertz CT molecular complexity index is 733. The zero-order valence-electron chi connectivity index (χ0n) is 13.3. The van der Waals surface area contributed by atoms with Crippen molar-refractivity contribution in [2.24, 2.45) is 0 Å². The summed E-state index contributed by atoms with van der Waals surface area (Å²) in [5.41, 5.74) is 1.56. The SMILES string of the molecule is C=C(C)C(=O)OCCOc1ccc(C(=O)c2ccc(Br)cc2)cc1. The first kappa shape index (κ1) is 17.9. The van der Waals surface area contributed by atoms with E-state index in [4.69, 9.17) is 9.47 Å². The van der Waals surface area contributed by atoms with E-state index < -0.39 is 5.97 Å². The van der Waals surface area contributed by atoms with Gasteiger partial charge in [-0.2, -0.15) is 0 Å². The lowest BCUT2D eigenvalue weighted by atomic mass is 10.0. The zero-order chi connectivity index (χ0) is 17.5. The van der Waals surface area contributed by atoms with Gasteiger partial charge < -0.3 is 9.47 Å². The van der Waals surface area contributed by atoms with Gasteiger partial charge in [-0.05, 0) is 55.5 Å². The molecule has 2 aromatic carbocycles. The van der Waals surface area contributed by atoms with Gasteiger partial charge in [0.25, 0.3) is 0 Å². The molecule has 0 atom stereocenters. The number of halogens is 1. The van der Waals surface area contributed by atoms with Crippen molar-refractivity contribution < 1.29 is 19.1 Å². The predicted molar refractivity (Wildman–Crippen MR) is 95.3 cm³/mol. The molecule has 124 valence electrons. The Kier molecular flexibility index (Phi) is 6.32. The second-order valence-corrected chi connectivity index (χ2v) is 6.04. The van der Waals surface area contributed by atoms with Gasteiger partial charge in [-0.15, -0.1) is 0 Å². The summed E-state index contributed by atoms with van der Waals surface area (Å²) in [5.74, 6) is 0.118. The van der Waals surface area contributed by atoms with Crippen LogP contribution in [0.1, 0.15) is 22.8 Å². The Morgan fingerprint density at radius 3 is 2.04 bits per heavy atom. The number of ether oxygens (including phenoxy) is 2. The Labute approximate surface area is 149 Å². The lowest BCUT2D eigenvalue weighted by molar-refractivity contribution is -0.139. The first-order chi connectivity index (χ1) is 11.5. The van der Waals surface area contributed by atoms with Crippen LogP contribution in [0.15, 0.2) is 65.2 Å². The van der Waals surface area contributed by atoms with Crippen molar-refractivity contribution in [1.29, 1.82) is 0 Å². The highest BCUT2D eigenvalue weighted by Crippen LogP contribution is 2.17. The average Bonchev–Trinajstić information content (AvgIpc) is 2.59. The van der Waals surface area contributed by atoms with Gasteiger partial charge in [0.1, 0.15) is 19.0 Å². The summed E-state index contributed by atoms with van der Waals surface area (Å²) in [6, 6.07) is 14.0. The fraction of sp³-hybridized carbons (Fsp3) is 0.158. The lowest BCUT2D eigenvalue weighted by Crippen LogP contribution is -2.12. The van der Waals surface area contributed by atoms with Crippen LogP contribution in [-0.2, 0) is 9.53 Å². The highest BCUT2D eigenvalue weighted by atomic mass is 79.9. The van der Waals surface area contributed by atoms with E-state index >= 15 is 0 Å². The Balaban J connectivity index is 1.88. The summed E-state index contributed by atoms with van der Waals surface area (Å²) < 4.78 is 11.3. The van der Waals surface area contributed by atoms with Crippen LogP contribution in [0, 0.1) is 0 Å². The maximum atomic E-state index is 12.3. The second kappa shape index (κ2) is 8.45. The molecule has 0 aliphatic carbocycles. The molecular formula is C19H17BrO4. The van der Waals surface area contributed by atoms with Gasteiger partial charge in [0, 0.05) is 21.2 Å². The van der Waals surface area contributed by atoms with Crippen LogP contribution in [-0.4, -0.2) is 25.0 Å². The average molecular weight is 389 g/mol. The van der Waals surface area contributed by atoms with E-state index in [-0.39, 0.29) is 19.0 Å². The summed E-state index contributed by atoms with van der Waals surface area (Å²) in [6.07, 6.45) is 0. The summed E-state index contributed by atoms with van der Waals surface area (Å²) in [7, 11) is 0. The highest BCUT2D eigenvalue weighted by molar-refractivity contribution is 9.10. The van der Waals surface area contributed by atoms with Crippen molar-refractivity contribution in [2.75, 3.05) is 13.2 Å². The third-order valence-electron chi connectivity index (χ3n) is 3.16. The summed E-state index contributed by atoms with van der Waals surface area (Å²) in [4.78, 5) is 23.6. The van der Waals surface area contributed by atoms with Gasteiger partial charge in [-0.25, -0.2) is 4.79 Å². The molecule has 2 rings (SSSR count). The van der Waals surface area contributed by atoms with Crippen molar-refractivity contribution in [3.8, 4) is 5.75 Å². The molecule has 0 bridgehead atoms. The largest absolute Gasteiger partial charge is 0.490 e. The van der Waals surface area contributed by atoms with E-state index in [0.717, 1.165) is 4.47 Å². The van der Waals surface area contributed by atoms with Gasteiger partial charge in [0.2, 0.25) is 0 Å². The van der Waals surface area contributed by atoms with E-state index in [1.807, 2.05) is 12.1 Å². The standard InChI is InChI=1S/C19H17BrO4/c1-13(2)19(22)24-12-11-23-17-9-5-15(6-10-17)18(21)14-3-7-16(20)8-4-14/h3-10H,1,11-12H2,2H3. The van der Waals surface area contributed by atoms with Crippen LogP contribution in [0.2, 0.25) is 0 Å². The molecule has 0 aromatic heterocycles. The number of carbonyl (C=O) groups is 2. The number of rotatable bonds is 7. The fourth-order valence-electron chi connectivity index (χ4n) is 1.89. The Hall–Kier alpha value is -2.40. The molecule has 0 fully saturated rings. The summed E-state index contributed by atoms with van der Waals surface area (Å²) in [6.45, 7) is 5.46.